The van der Waals surface area contributed by atoms with Crippen LogP contribution in [0.25, 0.3) is 5.70 Å². The maximum absolute atomic E-state index is 14.2. The molecule has 2 N–H and O–H groups in total. The summed E-state index contributed by atoms with van der Waals surface area (Å²) in [6, 6.07) is 14.3. The second kappa shape index (κ2) is 6.68. The standard InChI is InChI=1S/C17H15BrFN3S/c1-20-17(23)22-16(13-4-2-3-5-14(13)19)10-15(21-22)11-6-8-12(18)9-7-11/h2-10,16,21H,1H3,(H,20,23)/t16-/m1/s1. The van der Waals surface area contributed by atoms with Gasteiger partial charge in [0, 0.05) is 17.1 Å². The second-order valence-electron chi connectivity index (χ2n) is 5.09. The first-order chi connectivity index (χ1) is 11.1. The summed E-state index contributed by atoms with van der Waals surface area (Å²) in [5, 5.41) is 5.20. The first kappa shape index (κ1) is 16.0. The highest BCUT2D eigenvalue weighted by Crippen LogP contribution is 2.32. The monoisotopic (exact) mass is 391 g/mol. The maximum Gasteiger partial charge on any atom is 0.188 e. The number of hydrogen-bond acceptors (Lipinski definition) is 2. The Morgan fingerprint density at radius 3 is 2.57 bits per heavy atom. The zero-order valence-corrected chi connectivity index (χ0v) is 14.8. The van der Waals surface area contributed by atoms with Gasteiger partial charge in [0.15, 0.2) is 5.11 Å². The van der Waals surface area contributed by atoms with Gasteiger partial charge in [-0.1, -0.05) is 46.3 Å². The fraction of sp³-hybridized carbons (Fsp3) is 0.118. The molecule has 0 radical (unpaired) electrons. The van der Waals surface area contributed by atoms with Crippen LogP contribution < -0.4 is 10.7 Å². The summed E-state index contributed by atoms with van der Waals surface area (Å²) in [5.74, 6) is -0.253. The quantitative estimate of drug-likeness (QED) is 0.756. The molecule has 0 spiro atoms. The number of rotatable bonds is 2. The molecule has 0 aromatic heterocycles. The molecule has 0 saturated carbocycles. The van der Waals surface area contributed by atoms with Gasteiger partial charge in [-0.2, -0.15) is 0 Å². The third-order valence-electron chi connectivity index (χ3n) is 3.66. The molecule has 0 aliphatic carbocycles. The van der Waals surface area contributed by atoms with Gasteiger partial charge >= 0.3 is 0 Å². The topological polar surface area (TPSA) is 27.3 Å². The lowest BCUT2D eigenvalue weighted by atomic mass is 10.0. The smallest absolute Gasteiger partial charge is 0.188 e. The summed E-state index contributed by atoms with van der Waals surface area (Å²) in [6.45, 7) is 0. The van der Waals surface area contributed by atoms with E-state index in [0.29, 0.717) is 10.7 Å². The highest BCUT2D eigenvalue weighted by molar-refractivity contribution is 9.10. The molecule has 1 atom stereocenters. The molecule has 6 heteroatoms. The number of halogens is 2. The van der Waals surface area contributed by atoms with Crippen LogP contribution in [-0.2, 0) is 0 Å². The minimum absolute atomic E-state index is 0.253. The Balaban J connectivity index is 2.00. The van der Waals surface area contributed by atoms with Crippen molar-refractivity contribution in [1.82, 2.24) is 15.8 Å². The molecule has 2 aromatic carbocycles. The van der Waals surface area contributed by atoms with Crippen molar-refractivity contribution in [2.24, 2.45) is 0 Å². The van der Waals surface area contributed by atoms with Crippen molar-refractivity contribution in [2.75, 3.05) is 7.05 Å². The van der Waals surface area contributed by atoms with Crippen molar-refractivity contribution in [3.05, 3.63) is 76.0 Å². The van der Waals surface area contributed by atoms with Gasteiger partial charge in [0.05, 0.1) is 5.70 Å². The van der Waals surface area contributed by atoms with Crippen molar-refractivity contribution in [3.8, 4) is 0 Å². The number of benzene rings is 2. The maximum atomic E-state index is 14.2. The summed E-state index contributed by atoms with van der Waals surface area (Å²) in [6.07, 6.45) is 1.98. The lowest BCUT2D eigenvalue weighted by Gasteiger charge is -2.27. The highest BCUT2D eigenvalue weighted by Gasteiger charge is 2.30. The Kier molecular flexibility index (Phi) is 4.63. The Bertz CT molecular complexity index is 761. The van der Waals surface area contributed by atoms with E-state index in [0.717, 1.165) is 15.7 Å². The van der Waals surface area contributed by atoms with Gasteiger partial charge < -0.3 is 5.32 Å². The Labute approximate surface area is 148 Å². The molecule has 118 valence electrons. The van der Waals surface area contributed by atoms with Gasteiger partial charge in [-0.3, -0.25) is 10.4 Å². The summed E-state index contributed by atoms with van der Waals surface area (Å²) in [4.78, 5) is 0. The molecule has 3 nitrogen and oxygen atoms in total. The Morgan fingerprint density at radius 2 is 1.91 bits per heavy atom. The van der Waals surface area contributed by atoms with E-state index in [1.165, 1.54) is 6.07 Å². The van der Waals surface area contributed by atoms with Crippen LogP contribution >= 0.6 is 28.1 Å². The molecule has 3 rings (SSSR count). The minimum Gasteiger partial charge on any atom is -0.364 e. The van der Waals surface area contributed by atoms with Crippen molar-refractivity contribution >= 4 is 39.0 Å². The van der Waals surface area contributed by atoms with Crippen molar-refractivity contribution in [2.45, 2.75) is 6.04 Å². The molecule has 1 aliphatic rings. The zero-order valence-electron chi connectivity index (χ0n) is 12.4. The number of nitrogens with one attached hydrogen (secondary N) is 2. The predicted octanol–water partition coefficient (Wildman–Crippen LogP) is 3.99. The molecule has 1 heterocycles. The number of thiocarbonyl (C=S) groups is 1. The molecule has 0 fully saturated rings. The largest absolute Gasteiger partial charge is 0.364 e. The number of nitrogens with zero attached hydrogens (tertiary/aromatic N) is 1. The van der Waals surface area contributed by atoms with Crippen LogP contribution in [0.15, 0.2) is 59.1 Å². The van der Waals surface area contributed by atoms with Crippen LogP contribution in [0.3, 0.4) is 0 Å². The van der Waals surface area contributed by atoms with Crippen molar-refractivity contribution < 1.29 is 4.39 Å². The van der Waals surface area contributed by atoms with E-state index in [1.54, 1.807) is 24.2 Å². The minimum atomic E-state index is -0.310. The summed E-state index contributed by atoms with van der Waals surface area (Å²) in [7, 11) is 1.75. The molecule has 0 unspecified atom stereocenters. The molecule has 2 aromatic rings. The van der Waals surface area contributed by atoms with Crippen LogP contribution in [0.5, 0.6) is 0 Å². The van der Waals surface area contributed by atoms with Gasteiger partial charge in [0.1, 0.15) is 11.9 Å². The van der Waals surface area contributed by atoms with Gasteiger partial charge in [0.25, 0.3) is 0 Å². The van der Waals surface area contributed by atoms with E-state index >= 15 is 0 Å². The van der Waals surface area contributed by atoms with E-state index in [4.69, 9.17) is 12.2 Å². The average Bonchev–Trinajstić information content (AvgIpc) is 3.00. The lowest BCUT2D eigenvalue weighted by Crippen LogP contribution is -2.44. The molecule has 1 aliphatic heterocycles. The number of hydrogen-bond donors (Lipinski definition) is 2. The SMILES string of the molecule is CNC(=S)N1NC(c2ccc(Br)cc2)=C[C@@H]1c1ccccc1F. The van der Waals surface area contributed by atoms with Gasteiger partial charge in [-0.25, -0.2) is 4.39 Å². The molecule has 0 bridgehead atoms. The van der Waals surface area contributed by atoms with Crippen LogP contribution in [0.1, 0.15) is 17.2 Å². The first-order valence-corrected chi connectivity index (χ1v) is 8.30. The van der Waals surface area contributed by atoms with Crippen LogP contribution in [-0.4, -0.2) is 17.2 Å². The van der Waals surface area contributed by atoms with Crippen LogP contribution in [0.4, 0.5) is 4.39 Å². The fourth-order valence-corrected chi connectivity index (χ4v) is 2.92. The van der Waals surface area contributed by atoms with E-state index in [-0.39, 0.29) is 11.9 Å². The third-order valence-corrected chi connectivity index (χ3v) is 4.58. The zero-order chi connectivity index (χ0) is 16.4. The first-order valence-electron chi connectivity index (χ1n) is 7.10. The lowest BCUT2D eigenvalue weighted by molar-refractivity contribution is 0.332. The van der Waals surface area contributed by atoms with E-state index < -0.39 is 0 Å². The predicted molar refractivity (Wildman–Crippen MR) is 97.9 cm³/mol. The van der Waals surface area contributed by atoms with E-state index in [1.807, 2.05) is 36.4 Å². The molecule has 0 saturated heterocycles. The highest BCUT2D eigenvalue weighted by atomic mass is 79.9. The van der Waals surface area contributed by atoms with Crippen molar-refractivity contribution in [3.63, 3.8) is 0 Å². The molecule has 23 heavy (non-hydrogen) atoms. The third kappa shape index (κ3) is 3.23. The molecular formula is C17H15BrFN3S. The van der Waals surface area contributed by atoms with Gasteiger partial charge in [-0.05, 0) is 42.1 Å². The average molecular weight is 392 g/mol. The van der Waals surface area contributed by atoms with Crippen molar-refractivity contribution in [1.29, 1.82) is 0 Å². The van der Waals surface area contributed by atoms with Gasteiger partial charge in [-0.15, -0.1) is 0 Å². The molecule has 0 amide bonds. The van der Waals surface area contributed by atoms with E-state index in [2.05, 4.69) is 26.7 Å². The van der Waals surface area contributed by atoms with Crippen LogP contribution in [0.2, 0.25) is 0 Å². The fourth-order valence-electron chi connectivity index (χ4n) is 2.50. The van der Waals surface area contributed by atoms with Crippen LogP contribution in [0, 0.1) is 5.82 Å². The normalized spacial score (nSPS) is 16.7. The summed E-state index contributed by atoms with van der Waals surface area (Å²) in [5.41, 5.74) is 5.74. The van der Waals surface area contributed by atoms with E-state index in [9.17, 15) is 4.39 Å². The summed E-state index contributed by atoms with van der Waals surface area (Å²) < 4.78 is 15.2. The summed E-state index contributed by atoms with van der Waals surface area (Å²) >= 11 is 8.78. The number of hydrazine groups is 1. The Hall–Kier alpha value is -1.92. The molecular weight excluding hydrogens is 377 g/mol. The second-order valence-corrected chi connectivity index (χ2v) is 6.39. The Morgan fingerprint density at radius 1 is 1.22 bits per heavy atom. The van der Waals surface area contributed by atoms with Gasteiger partial charge in [0.2, 0.25) is 0 Å².